The van der Waals surface area contributed by atoms with Crippen LogP contribution in [-0.4, -0.2) is 49.9 Å². The Morgan fingerprint density at radius 2 is 1.93 bits per heavy atom. The number of aliphatic carboxylic acids is 1. The molecule has 8 heteroatoms. The number of carbonyl (C=O) groups excluding carboxylic acids is 1. The van der Waals surface area contributed by atoms with Crippen LogP contribution in [0.15, 0.2) is 53.3 Å². The number of hydrogen-bond acceptors (Lipinski definition) is 5. The average molecular weight is 394 g/mol. The van der Waals surface area contributed by atoms with Gasteiger partial charge in [0.2, 0.25) is 0 Å². The van der Waals surface area contributed by atoms with Crippen LogP contribution in [0, 0.1) is 6.92 Å². The van der Waals surface area contributed by atoms with Gasteiger partial charge in [0.1, 0.15) is 6.54 Å². The maximum atomic E-state index is 12.8. The molecule has 3 heterocycles. The van der Waals surface area contributed by atoms with Gasteiger partial charge in [0.25, 0.3) is 5.91 Å². The number of benzene rings is 1. The average Bonchev–Trinajstić information content (AvgIpc) is 3.37. The zero-order valence-electron chi connectivity index (χ0n) is 16.1. The van der Waals surface area contributed by atoms with E-state index in [9.17, 15) is 14.7 Å². The van der Waals surface area contributed by atoms with Crippen molar-refractivity contribution in [2.24, 2.45) is 0 Å². The van der Waals surface area contributed by atoms with Crippen molar-refractivity contribution in [3.8, 4) is 0 Å². The van der Waals surface area contributed by atoms with Gasteiger partial charge < -0.3 is 14.5 Å². The molecule has 150 valence electrons. The SMILES string of the molecule is Cc1cnn(Cc2cc(C(=O)N3CCC(C(=O)O)(c4ccccc4)CC3)no2)c1. The van der Waals surface area contributed by atoms with Crippen LogP contribution in [0.3, 0.4) is 0 Å². The summed E-state index contributed by atoms with van der Waals surface area (Å²) in [5, 5.41) is 18.0. The molecule has 1 aliphatic heterocycles. The van der Waals surface area contributed by atoms with Crippen molar-refractivity contribution >= 4 is 11.9 Å². The zero-order valence-corrected chi connectivity index (χ0v) is 16.1. The van der Waals surface area contributed by atoms with Gasteiger partial charge in [-0.2, -0.15) is 5.10 Å². The van der Waals surface area contributed by atoms with Crippen LogP contribution in [0.4, 0.5) is 0 Å². The molecule has 4 rings (SSSR count). The largest absolute Gasteiger partial charge is 0.481 e. The highest BCUT2D eigenvalue weighted by atomic mass is 16.5. The second kappa shape index (κ2) is 7.54. The lowest BCUT2D eigenvalue weighted by atomic mass is 9.73. The molecule has 1 amide bonds. The van der Waals surface area contributed by atoms with E-state index in [2.05, 4.69) is 10.3 Å². The minimum absolute atomic E-state index is 0.228. The molecule has 1 fully saturated rings. The van der Waals surface area contributed by atoms with Gasteiger partial charge in [0.05, 0.1) is 11.6 Å². The Labute approximate surface area is 167 Å². The number of carbonyl (C=O) groups is 2. The summed E-state index contributed by atoms with van der Waals surface area (Å²) in [5.41, 5.74) is 1.07. The molecule has 1 N–H and O–H groups in total. The number of likely N-dealkylation sites (tertiary alicyclic amines) is 1. The Balaban J connectivity index is 1.44. The van der Waals surface area contributed by atoms with E-state index >= 15 is 0 Å². The van der Waals surface area contributed by atoms with E-state index in [1.807, 2.05) is 43.5 Å². The smallest absolute Gasteiger partial charge is 0.314 e. The molecule has 0 atom stereocenters. The van der Waals surface area contributed by atoms with E-state index in [-0.39, 0.29) is 11.6 Å². The molecule has 3 aromatic rings. The Hall–Kier alpha value is -3.42. The number of carboxylic acid groups (broad SMARTS) is 1. The molecule has 0 spiro atoms. The molecule has 0 aliphatic carbocycles. The Morgan fingerprint density at radius 1 is 1.21 bits per heavy atom. The first kappa shape index (κ1) is 18.9. The first-order valence-electron chi connectivity index (χ1n) is 9.51. The minimum atomic E-state index is -0.967. The van der Waals surface area contributed by atoms with Gasteiger partial charge in [0.15, 0.2) is 11.5 Å². The fourth-order valence-electron chi connectivity index (χ4n) is 3.84. The normalized spacial score (nSPS) is 16.0. The zero-order chi connectivity index (χ0) is 20.4. The van der Waals surface area contributed by atoms with Crippen LogP contribution in [-0.2, 0) is 16.8 Å². The Kier molecular flexibility index (Phi) is 4.92. The van der Waals surface area contributed by atoms with Gasteiger partial charge in [-0.05, 0) is 30.9 Å². The van der Waals surface area contributed by atoms with Crippen molar-refractivity contribution in [2.45, 2.75) is 31.7 Å². The van der Waals surface area contributed by atoms with Crippen molar-refractivity contribution in [1.82, 2.24) is 19.8 Å². The molecule has 1 saturated heterocycles. The van der Waals surface area contributed by atoms with Crippen LogP contribution in [0.25, 0.3) is 0 Å². The fraction of sp³-hybridized carbons (Fsp3) is 0.333. The van der Waals surface area contributed by atoms with Crippen molar-refractivity contribution in [3.05, 3.63) is 71.4 Å². The highest BCUT2D eigenvalue weighted by Crippen LogP contribution is 2.36. The van der Waals surface area contributed by atoms with Gasteiger partial charge in [-0.25, -0.2) is 0 Å². The van der Waals surface area contributed by atoms with E-state index in [4.69, 9.17) is 4.52 Å². The van der Waals surface area contributed by atoms with Crippen molar-refractivity contribution in [3.63, 3.8) is 0 Å². The lowest BCUT2D eigenvalue weighted by Crippen LogP contribution is -2.49. The highest BCUT2D eigenvalue weighted by Gasteiger charge is 2.44. The van der Waals surface area contributed by atoms with Crippen LogP contribution >= 0.6 is 0 Å². The lowest BCUT2D eigenvalue weighted by Gasteiger charge is -2.39. The third-order valence-corrected chi connectivity index (χ3v) is 5.50. The number of carboxylic acids is 1. The predicted molar refractivity (Wildman–Crippen MR) is 103 cm³/mol. The predicted octanol–water partition coefficient (Wildman–Crippen LogP) is 2.49. The van der Waals surface area contributed by atoms with Gasteiger partial charge in [-0.15, -0.1) is 0 Å². The molecule has 29 heavy (non-hydrogen) atoms. The van der Waals surface area contributed by atoms with E-state index in [0.29, 0.717) is 38.2 Å². The van der Waals surface area contributed by atoms with Crippen LogP contribution in [0.2, 0.25) is 0 Å². The number of aryl methyl sites for hydroxylation is 1. The summed E-state index contributed by atoms with van der Waals surface area (Å²) in [6.07, 6.45) is 4.34. The summed E-state index contributed by atoms with van der Waals surface area (Å²) < 4.78 is 7.00. The van der Waals surface area contributed by atoms with Gasteiger partial charge in [0, 0.05) is 25.4 Å². The second-order valence-electron chi connectivity index (χ2n) is 7.44. The molecule has 0 radical (unpaired) electrons. The van der Waals surface area contributed by atoms with Crippen molar-refractivity contribution in [1.29, 1.82) is 0 Å². The molecule has 1 aromatic carbocycles. The summed E-state index contributed by atoms with van der Waals surface area (Å²) in [6.45, 7) is 3.03. The molecule has 0 unspecified atom stereocenters. The number of piperidine rings is 1. The van der Waals surface area contributed by atoms with Crippen molar-refractivity contribution < 1.29 is 19.2 Å². The number of rotatable bonds is 5. The molecule has 0 saturated carbocycles. The number of hydrogen-bond donors (Lipinski definition) is 1. The fourth-order valence-corrected chi connectivity index (χ4v) is 3.84. The second-order valence-corrected chi connectivity index (χ2v) is 7.44. The standard InChI is InChI=1S/C21H22N4O4/c1-15-12-22-25(13-15)14-17-11-18(23-29-17)19(26)24-9-7-21(8-10-24,20(27)28)16-5-3-2-4-6-16/h2-6,11-13H,7-10,14H2,1H3,(H,27,28). The molecule has 1 aliphatic rings. The van der Waals surface area contributed by atoms with Crippen LogP contribution in [0.5, 0.6) is 0 Å². The third kappa shape index (κ3) is 3.65. The van der Waals surface area contributed by atoms with Gasteiger partial charge in [-0.1, -0.05) is 35.5 Å². The quantitative estimate of drug-likeness (QED) is 0.713. The number of aromatic nitrogens is 3. The maximum Gasteiger partial charge on any atom is 0.314 e. The Bertz CT molecular complexity index is 1020. The van der Waals surface area contributed by atoms with Gasteiger partial charge in [-0.3, -0.25) is 14.3 Å². The minimum Gasteiger partial charge on any atom is -0.481 e. The van der Waals surface area contributed by atoms with E-state index in [0.717, 1.165) is 11.1 Å². The van der Waals surface area contributed by atoms with E-state index in [1.165, 1.54) is 0 Å². The molecular weight excluding hydrogens is 372 g/mol. The molecule has 2 aromatic heterocycles. The highest BCUT2D eigenvalue weighted by molar-refractivity contribution is 5.92. The first-order chi connectivity index (χ1) is 14.0. The van der Waals surface area contributed by atoms with Gasteiger partial charge >= 0.3 is 5.97 Å². The number of amides is 1. The Morgan fingerprint density at radius 3 is 2.55 bits per heavy atom. The lowest BCUT2D eigenvalue weighted by molar-refractivity contribution is -0.145. The molecular formula is C21H22N4O4. The first-order valence-corrected chi connectivity index (χ1v) is 9.51. The molecule has 0 bridgehead atoms. The third-order valence-electron chi connectivity index (χ3n) is 5.50. The summed E-state index contributed by atoms with van der Waals surface area (Å²) in [6, 6.07) is 10.9. The summed E-state index contributed by atoms with van der Waals surface area (Å²) >= 11 is 0. The van der Waals surface area contributed by atoms with Crippen LogP contribution in [0.1, 0.15) is 40.2 Å². The maximum absolute atomic E-state index is 12.8. The topological polar surface area (TPSA) is 101 Å². The monoisotopic (exact) mass is 394 g/mol. The van der Waals surface area contributed by atoms with E-state index < -0.39 is 11.4 Å². The molecule has 8 nitrogen and oxygen atoms in total. The summed E-state index contributed by atoms with van der Waals surface area (Å²) in [5.74, 6) is -0.560. The van der Waals surface area contributed by atoms with E-state index in [1.54, 1.807) is 21.8 Å². The van der Waals surface area contributed by atoms with Crippen LogP contribution < -0.4 is 0 Å². The van der Waals surface area contributed by atoms with Crippen molar-refractivity contribution in [2.75, 3.05) is 13.1 Å². The summed E-state index contributed by atoms with van der Waals surface area (Å²) in [4.78, 5) is 26.5. The number of nitrogens with zero attached hydrogens (tertiary/aromatic N) is 4. The summed E-state index contributed by atoms with van der Waals surface area (Å²) in [7, 11) is 0.